The van der Waals surface area contributed by atoms with Crippen molar-refractivity contribution in [2.75, 3.05) is 6.61 Å². The lowest BCUT2D eigenvalue weighted by molar-refractivity contribution is 0.0697. The minimum Gasteiger partial charge on any atom is -0.485 e. The van der Waals surface area contributed by atoms with Gasteiger partial charge in [-0.25, -0.2) is 11.4 Å². The van der Waals surface area contributed by atoms with Crippen LogP contribution < -0.4 is 4.74 Å². The maximum Gasteiger partial charge on any atom is 0.337 e. The number of carbonyl (C=O) groups is 1. The fraction of sp³-hybridized carbons (Fsp3) is 0.333. The Labute approximate surface area is 104 Å². The van der Waals surface area contributed by atoms with E-state index in [1.807, 2.05) is 0 Å². The van der Waals surface area contributed by atoms with E-state index in [2.05, 4.69) is 4.85 Å². The molecule has 0 heterocycles. The number of hydrogen-bond donors (Lipinski definition) is 1. The van der Waals surface area contributed by atoms with E-state index in [1.165, 1.54) is 12.1 Å². The maximum atomic E-state index is 10.7. The summed E-state index contributed by atoms with van der Waals surface area (Å²) in [6, 6.07) is 4.41. The molecule has 0 amide bonds. The fourth-order valence-corrected chi connectivity index (χ4v) is 1.66. The van der Waals surface area contributed by atoms with Crippen LogP contribution in [0.5, 0.6) is 5.75 Å². The highest BCUT2D eigenvalue weighted by atomic mass is 35.5. The van der Waals surface area contributed by atoms with Crippen molar-refractivity contribution in [1.29, 1.82) is 0 Å². The highest BCUT2D eigenvalue weighted by molar-refractivity contribution is 6.33. The Morgan fingerprint density at radius 1 is 1.59 bits per heavy atom. The summed E-state index contributed by atoms with van der Waals surface area (Å²) in [6.07, 6.45) is 1.72. The van der Waals surface area contributed by atoms with Crippen LogP contribution in [0.4, 0.5) is 0 Å². The Kier molecular flexibility index (Phi) is 2.95. The minimum absolute atomic E-state index is 0.0466. The zero-order valence-corrected chi connectivity index (χ0v) is 9.70. The Balaban J connectivity index is 2.06. The van der Waals surface area contributed by atoms with Crippen LogP contribution in [0.3, 0.4) is 0 Å². The van der Waals surface area contributed by atoms with Crippen molar-refractivity contribution in [2.45, 2.75) is 18.4 Å². The van der Waals surface area contributed by atoms with Crippen LogP contribution in [0.1, 0.15) is 23.2 Å². The van der Waals surface area contributed by atoms with Crippen LogP contribution in [0.2, 0.25) is 5.02 Å². The second-order valence-electron chi connectivity index (χ2n) is 4.07. The van der Waals surface area contributed by atoms with Gasteiger partial charge in [0.25, 0.3) is 5.54 Å². The Morgan fingerprint density at radius 2 is 2.29 bits per heavy atom. The van der Waals surface area contributed by atoms with Crippen molar-refractivity contribution in [1.82, 2.24) is 0 Å². The summed E-state index contributed by atoms with van der Waals surface area (Å²) in [5.41, 5.74) is -0.317. The van der Waals surface area contributed by atoms with Gasteiger partial charge >= 0.3 is 5.97 Å². The van der Waals surface area contributed by atoms with E-state index in [1.54, 1.807) is 6.07 Å². The molecule has 1 aromatic carbocycles. The van der Waals surface area contributed by atoms with E-state index in [9.17, 15) is 4.79 Å². The quantitative estimate of drug-likeness (QED) is 0.837. The third-order valence-electron chi connectivity index (χ3n) is 2.74. The molecule has 5 heteroatoms. The zero-order chi connectivity index (χ0) is 12.5. The van der Waals surface area contributed by atoms with Gasteiger partial charge in [0, 0.05) is 12.8 Å². The number of benzene rings is 1. The molecule has 4 nitrogen and oxygen atoms in total. The maximum absolute atomic E-state index is 10.7. The van der Waals surface area contributed by atoms with Crippen LogP contribution in [0, 0.1) is 6.57 Å². The van der Waals surface area contributed by atoms with Crippen LogP contribution in [-0.4, -0.2) is 23.2 Å². The molecule has 1 fully saturated rings. The molecule has 1 saturated carbocycles. The molecular formula is C12H10ClNO3. The number of carboxylic acid groups (broad SMARTS) is 1. The number of aromatic carboxylic acids is 1. The zero-order valence-electron chi connectivity index (χ0n) is 8.94. The van der Waals surface area contributed by atoms with Crippen molar-refractivity contribution in [3.05, 3.63) is 40.2 Å². The first-order valence-corrected chi connectivity index (χ1v) is 5.48. The highest BCUT2D eigenvalue weighted by Crippen LogP contribution is 2.40. The summed E-state index contributed by atoms with van der Waals surface area (Å²) >= 11 is 5.80. The standard InChI is InChI=1S/C12H10ClNO3/c1-14-12(4-5-12)7-17-8-2-3-9(11(15)16)10(13)6-8/h2-3,6H,4-5,7H2,(H,15,16). The molecule has 1 aliphatic rings. The Hall–Kier alpha value is -1.73. The number of halogens is 1. The van der Waals surface area contributed by atoms with Gasteiger partial charge in [-0.15, -0.1) is 0 Å². The topological polar surface area (TPSA) is 50.9 Å². The van der Waals surface area contributed by atoms with Crippen molar-refractivity contribution >= 4 is 17.6 Å². The van der Waals surface area contributed by atoms with Gasteiger partial charge in [-0.3, -0.25) is 0 Å². The second kappa shape index (κ2) is 4.27. The second-order valence-corrected chi connectivity index (χ2v) is 4.48. The SMILES string of the molecule is [C-]#[N+]C1(COc2ccc(C(=O)O)c(Cl)c2)CC1. The van der Waals surface area contributed by atoms with Gasteiger partial charge in [0.1, 0.15) is 5.75 Å². The smallest absolute Gasteiger partial charge is 0.337 e. The molecule has 2 rings (SSSR count). The van der Waals surface area contributed by atoms with E-state index in [0.29, 0.717) is 12.4 Å². The number of rotatable bonds is 4. The largest absolute Gasteiger partial charge is 0.485 e. The van der Waals surface area contributed by atoms with Gasteiger partial charge in [-0.1, -0.05) is 11.6 Å². The van der Waals surface area contributed by atoms with Gasteiger partial charge in [0.2, 0.25) is 0 Å². The van der Waals surface area contributed by atoms with Crippen molar-refractivity contribution in [3.8, 4) is 5.75 Å². The van der Waals surface area contributed by atoms with E-state index in [0.717, 1.165) is 12.8 Å². The highest BCUT2D eigenvalue weighted by Gasteiger charge is 2.51. The normalized spacial score (nSPS) is 16.0. The molecule has 0 spiro atoms. The average molecular weight is 252 g/mol. The lowest BCUT2D eigenvalue weighted by atomic mass is 10.2. The molecule has 0 aliphatic heterocycles. The van der Waals surface area contributed by atoms with Crippen LogP contribution in [0.15, 0.2) is 18.2 Å². The van der Waals surface area contributed by atoms with E-state index in [-0.39, 0.29) is 16.1 Å². The molecule has 0 bridgehead atoms. The molecule has 1 aromatic rings. The van der Waals surface area contributed by atoms with Gasteiger partial charge in [-0.05, 0) is 18.2 Å². The average Bonchev–Trinajstić information content (AvgIpc) is 3.07. The summed E-state index contributed by atoms with van der Waals surface area (Å²) < 4.78 is 5.45. The van der Waals surface area contributed by atoms with Gasteiger partial charge < -0.3 is 14.7 Å². The third-order valence-corrected chi connectivity index (χ3v) is 3.06. The predicted octanol–water partition coefficient (Wildman–Crippen LogP) is 2.87. The molecule has 17 heavy (non-hydrogen) atoms. The molecule has 0 atom stereocenters. The molecule has 0 radical (unpaired) electrons. The van der Waals surface area contributed by atoms with E-state index in [4.69, 9.17) is 28.0 Å². The van der Waals surface area contributed by atoms with Gasteiger partial charge in [0.05, 0.1) is 10.6 Å². The van der Waals surface area contributed by atoms with Gasteiger partial charge in [0.15, 0.2) is 6.61 Å². The lowest BCUT2D eigenvalue weighted by Crippen LogP contribution is -2.15. The monoisotopic (exact) mass is 251 g/mol. The Bertz CT molecular complexity index is 503. The van der Waals surface area contributed by atoms with Crippen molar-refractivity contribution < 1.29 is 14.6 Å². The summed E-state index contributed by atoms with van der Waals surface area (Å²) in [6.45, 7) is 7.34. The molecular weight excluding hydrogens is 242 g/mol. The lowest BCUT2D eigenvalue weighted by Gasteiger charge is -2.08. The first-order chi connectivity index (χ1) is 8.06. The summed E-state index contributed by atoms with van der Waals surface area (Å²) in [5.74, 6) is -0.573. The summed E-state index contributed by atoms with van der Waals surface area (Å²) in [5, 5.41) is 8.94. The summed E-state index contributed by atoms with van der Waals surface area (Å²) in [4.78, 5) is 14.3. The van der Waals surface area contributed by atoms with Crippen molar-refractivity contribution in [2.24, 2.45) is 0 Å². The van der Waals surface area contributed by atoms with Crippen LogP contribution >= 0.6 is 11.6 Å². The first kappa shape index (κ1) is 11.7. The number of hydrogen-bond acceptors (Lipinski definition) is 2. The first-order valence-electron chi connectivity index (χ1n) is 5.11. The van der Waals surface area contributed by atoms with E-state index < -0.39 is 5.97 Å². The molecule has 1 aliphatic carbocycles. The van der Waals surface area contributed by atoms with Gasteiger partial charge in [-0.2, -0.15) is 0 Å². The molecule has 0 aromatic heterocycles. The summed E-state index contributed by atoms with van der Waals surface area (Å²) in [7, 11) is 0. The number of ether oxygens (including phenoxy) is 1. The molecule has 0 unspecified atom stereocenters. The fourth-order valence-electron chi connectivity index (χ4n) is 1.41. The van der Waals surface area contributed by atoms with E-state index >= 15 is 0 Å². The number of carboxylic acids is 1. The molecule has 1 N–H and O–H groups in total. The Morgan fingerprint density at radius 3 is 2.76 bits per heavy atom. The molecule has 88 valence electrons. The predicted molar refractivity (Wildman–Crippen MR) is 62.5 cm³/mol. The van der Waals surface area contributed by atoms with Crippen LogP contribution in [0.25, 0.3) is 4.85 Å². The van der Waals surface area contributed by atoms with Crippen LogP contribution in [-0.2, 0) is 0 Å². The number of nitrogens with zero attached hydrogens (tertiary/aromatic N) is 1. The third kappa shape index (κ3) is 2.51. The van der Waals surface area contributed by atoms with Crippen molar-refractivity contribution in [3.63, 3.8) is 0 Å². The minimum atomic E-state index is -1.07. The molecule has 0 saturated heterocycles.